The SMILES string of the molecule is C=C(C(=O)Oc1c(C)cc(C)cc1C)C12CC1CC(C(=O)O)(C1OC(C)O1)C2. The van der Waals surface area contributed by atoms with E-state index in [2.05, 4.69) is 6.58 Å². The first-order chi connectivity index (χ1) is 13.1. The maximum atomic E-state index is 12.9. The third-order valence-corrected chi connectivity index (χ3v) is 6.63. The molecular weight excluding hydrogens is 360 g/mol. The van der Waals surface area contributed by atoms with E-state index in [1.165, 1.54) is 0 Å². The molecule has 1 aliphatic heterocycles. The molecule has 0 bridgehead atoms. The van der Waals surface area contributed by atoms with Crippen molar-refractivity contribution in [3.8, 4) is 5.75 Å². The summed E-state index contributed by atoms with van der Waals surface area (Å²) in [6.07, 6.45) is 0.306. The van der Waals surface area contributed by atoms with Gasteiger partial charge in [-0.25, -0.2) is 4.79 Å². The highest BCUT2D eigenvalue weighted by Crippen LogP contribution is 2.74. The van der Waals surface area contributed by atoms with E-state index in [4.69, 9.17) is 14.2 Å². The molecule has 0 amide bonds. The highest BCUT2D eigenvalue weighted by molar-refractivity contribution is 5.93. The molecule has 2 saturated carbocycles. The molecule has 0 aromatic heterocycles. The summed E-state index contributed by atoms with van der Waals surface area (Å²) in [5.41, 5.74) is 1.57. The zero-order valence-electron chi connectivity index (χ0n) is 16.7. The molecule has 0 spiro atoms. The first-order valence-corrected chi connectivity index (χ1v) is 9.63. The van der Waals surface area contributed by atoms with Gasteiger partial charge >= 0.3 is 11.9 Å². The summed E-state index contributed by atoms with van der Waals surface area (Å²) in [7, 11) is 0. The van der Waals surface area contributed by atoms with Crippen molar-refractivity contribution in [1.29, 1.82) is 0 Å². The van der Waals surface area contributed by atoms with E-state index in [0.29, 0.717) is 17.7 Å². The lowest BCUT2D eigenvalue weighted by Gasteiger charge is -2.44. The van der Waals surface area contributed by atoms with E-state index in [0.717, 1.165) is 23.1 Å². The van der Waals surface area contributed by atoms with Gasteiger partial charge in [0.25, 0.3) is 0 Å². The molecular formula is C22H26O6. The Kier molecular flexibility index (Phi) is 4.21. The average molecular weight is 386 g/mol. The standard InChI is InChI=1S/C22H26O6/c1-11-6-12(2)17(13(3)7-11)28-18(23)14(4)21-8-16(21)9-22(10-21,19(24)25)20-26-15(5)27-20/h6-7,15-16,20H,4,8-10H2,1-3,5H3,(H,24,25). The number of rotatable bonds is 5. The molecule has 1 aromatic carbocycles. The molecule has 1 saturated heterocycles. The van der Waals surface area contributed by atoms with Gasteiger partial charge in [-0.2, -0.15) is 0 Å². The van der Waals surface area contributed by atoms with Crippen LogP contribution in [0.3, 0.4) is 0 Å². The van der Waals surface area contributed by atoms with Gasteiger partial charge in [0, 0.05) is 11.0 Å². The van der Waals surface area contributed by atoms with Crippen LogP contribution in [-0.2, 0) is 19.1 Å². The monoisotopic (exact) mass is 386 g/mol. The summed E-state index contributed by atoms with van der Waals surface area (Å²) in [5.74, 6) is -0.788. The van der Waals surface area contributed by atoms with Crippen molar-refractivity contribution >= 4 is 11.9 Å². The number of hydrogen-bond donors (Lipinski definition) is 1. The van der Waals surface area contributed by atoms with Crippen molar-refractivity contribution in [2.75, 3.05) is 0 Å². The van der Waals surface area contributed by atoms with Crippen molar-refractivity contribution in [2.24, 2.45) is 16.7 Å². The second kappa shape index (κ2) is 6.16. The number of fused-ring (bicyclic) bond motifs is 1. The molecule has 6 nitrogen and oxygen atoms in total. The maximum absolute atomic E-state index is 12.9. The molecule has 4 rings (SSSR count). The number of aryl methyl sites for hydroxylation is 3. The van der Waals surface area contributed by atoms with Crippen molar-refractivity contribution in [1.82, 2.24) is 0 Å². The zero-order valence-corrected chi connectivity index (χ0v) is 16.7. The van der Waals surface area contributed by atoms with Crippen molar-refractivity contribution in [3.63, 3.8) is 0 Å². The van der Waals surface area contributed by atoms with Crippen molar-refractivity contribution < 1.29 is 28.9 Å². The smallest absolute Gasteiger partial charge is 0.339 e. The van der Waals surface area contributed by atoms with Crippen LogP contribution < -0.4 is 4.74 Å². The first kappa shape index (κ1) is 19.2. The van der Waals surface area contributed by atoms with Gasteiger partial charge in [0.1, 0.15) is 11.2 Å². The summed E-state index contributed by atoms with van der Waals surface area (Å²) in [6.45, 7) is 11.6. The second-order valence-corrected chi connectivity index (χ2v) is 8.67. The van der Waals surface area contributed by atoms with Crippen LogP contribution in [0.4, 0.5) is 0 Å². The van der Waals surface area contributed by atoms with Crippen LogP contribution in [0, 0.1) is 37.5 Å². The molecule has 28 heavy (non-hydrogen) atoms. The largest absolute Gasteiger partial charge is 0.481 e. The molecule has 3 unspecified atom stereocenters. The van der Waals surface area contributed by atoms with E-state index < -0.39 is 35.3 Å². The quantitative estimate of drug-likeness (QED) is 0.472. The Morgan fingerprint density at radius 2 is 1.71 bits per heavy atom. The van der Waals surface area contributed by atoms with Gasteiger partial charge in [-0.05, 0) is 64.0 Å². The number of carbonyl (C=O) groups excluding carboxylic acids is 1. The van der Waals surface area contributed by atoms with Crippen LogP contribution in [-0.4, -0.2) is 29.6 Å². The van der Waals surface area contributed by atoms with E-state index in [9.17, 15) is 14.7 Å². The van der Waals surface area contributed by atoms with Gasteiger partial charge in [0.2, 0.25) is 0 Å². The summed E-state index contributed by atoms with van der Waals surface area (Å²) < 4.78 is 16.8. The van der Waals surface area contributed by atoms with Crippen LogP contribution in [0.15, 0.2) is 24.3 Å². The Morgan fingerprint density at radius 1 is 1.14 bits per heavy atom. The van der Waals surface area contributed by atoms with Crippen LogP contribution in [0.2, 0.25) is 0 Å². The molecule has 1 heterocycles. The van der Waals surface area contributed by atoms with E-state index in [-0.39, 0.29) is 12.3 Å². The number of esters is 1. The van der Waals surface area contributed by atoms with Crippen molar-refractivity contribution in [3.05, 3.63) is 41.0 Å². The Bertz CT molecular complexity index is 860. The number of carbonyl (C=O) groups is 2. The van der Waals surface area contributed by atoms with E-state index in [1.807, 2.05) is 32.9 Å². The molecule has 2 aliphatic carbocycles. The average Bonchev–Trinajstić information content (AvgIpc) is 3.16. The molecule has 3 atom stereocenters. The third kappa shape index (κ3) is 2.70. The third-order valence-electron chi connectivity index (χ3n) is 6.63. The minimum atomic E-state index is -1.13. The minimum Gasteiger partial charge on any atom is -0.481 e. The number of carboxylic acid groups (broad SMARTS) is 1. The topological polar surface area (TPSA) is 82.1 Å². The van der Waals surface area contributed by atoms with Gasteiger partial charge < -0.3 is 19.3 Å². The van der Waals surface area contributed by atoms with Crippen LogP contribution in [0.5, 0.6) is 5.75 Å². The highest BCUT2D eigenvalue weighted by atomic mass is 16.9. The predicted octanol–water partition coefficient (Wildman–Crippen LogP) is 3.66. The van der Waals surface area contributed by atoms with E-state index in [1.54, 1.807) is 6.92 Å². The lowest BCUT2D eigenvalue weighted by molar-refractivity contribution is -0.406. The minimum absolute atomic E-state index is 0.0898. The molecule has 6 heteroatoms. The normalized spacial score (nSPS) is 35.6. The summed E-state index contributed by atoms with van der Waals surface area (Å²) in [4.78, 5) is 24.9. The summed E-state index contributed by atoms with van der Waals surface area (Å²) >= 11 is 0. The fraction of sp³-hybridized carbons (Fsp3) is 0.545. The Balaban J connectivity index is 1.53. The predicted molar refractivity (Wildman–Crippen MR) is 101 cm³/mol. The Morgan fingerprint density at radius 3 is 2.25 bits per heavy atom. The summed E-state index contributed by atoms with van der Waals surface area (Å²) in [5, 5.41) is 9.89. The first-order valence-electron chi connectivity index (χ1n) is 9.63. The van der Waals surface area contributed by atoms with Crippen LogP contribution in [0.25, 0.3) is 0 Å². The number of hydrogen-bond acceptors (Lipinski definition) is 5. The fourth-order valence-electron chi connectivity index (χ4n) is 5.16. The lowest BCUT2D eigenvalue weighted by atomic mass is 9.77. The Labute approximate surface area is 164 Å². The van der Waals surface area contributed by atoms with Gasteiger partial charge in [0.05, 0.1) is 0 Å². The lowest BCUT2D eigenvalue weighted by Crippen LogP contribution is -2.54. The zero-order chi connectivity index (χ0) is 20.4. The highest BCUT2D eigenvalue weighted by Gasteiger charge is 2.73. The maximum Gasteiger partial charge on any atom is 0.339 e. The van der Waals surface area contributed by atoms with Gasteiger partial charge in [-0.1, -0.05) is 24.3 Å². The van der Waals surface area contributed by atoms with Gasteiger partial charge in [-0.3, -0.25) is 4.79 Å². The molecule has 0 radical (unpaired) electrons. The number of benzene rings is 1. The number of ether oxygens (including phenoxy) is 3. The summed E-state index contributed by atoms with van der Waals surface area (Å²) in [6, 6.07) is 3.93. The molecule has 1 aromatic rings. The molecule has 150 valence electrons. The van der Waals surface area contributed by atoms with Gasteiger partial charge in [0.15, 0.2) is 12.6 Å². The molecule has 1 N–H and O–H groups in total. The van der Waals surface area contributed by atoms with E-state index >= 15 is 0 Å². The molecule has 3 aliphatic rings. The Hall–Kier alpha value is -2.18. The van der Waals surface area contributed by atoms with Gasteiger partial charge in [-0.15, -0.1) is 0 Å². The fourth-order valence-corrected chi connectivity index (χ4v) is 5.16. The van der Waals surface area contributed by atoms with Crippen LogP contribution >= 0.6 is 0 Å². The molecule has 3 fully saturated rings. The van der Waals surface area contributed by atoms with Crippen molar-refractivity contribution in [2.45, 2.75) is 59.5 Å². The van der Waals surface area contributed by atoms with Crippen LogP contribution in [0.1, 0.15) is 42.9 Å². The second-order valence-electron chi connectivity index (χ2n) is 8.67. The number of carboxylic acids is 1. The number of aliphatic carboxylic acids is 1.